The lowest BCUT2D eigenvalue weighted by Crippen LogP contribution is -2.16. The normalized spacial score (nSPS) is 11.9. The number of Topliss-reactive ketones (excluding diaryl/α,β-unsaturated/α-hetero) is 2. The summed E-state index contributed by atoms with van der Waals surface area (Å²) in [6.07, 6.45) is 3.28. The van der Waals surface area contributed by atoms with Crippen molar-refractivity contribution in [1.29, 1.82) is 0 Å². The van der Waals surface area contributed by atoms with Gasteiger partial charge in [-0.3, -0.25) is 14.6 Å². The lowest BCUT2D eigenvalue weighted by molar-refractivity contribution is 0.0894. The first kappa shape index (κ1) is 16.6. The van der Waals surface area contributed by atoms with Gasteiger partial charge >= 0.3 is 0 Å². The number of thiophene rings is 1. The summed E-state index contributed by atoms with van der Waals surface area (Å²) in [5.41, 5.74) is 1.07. The number of carbonyl (C=O) groups is 2. The van der Waals surface area contributed by atoms with E-state index in [1.54, 1.807) is 42.6 Å². The Labute approximate surface area is 148 Å². The molecule has 120 valence electrons. The number of nitrogens with zero attached hydrogens (tertiary/aromatic N) is 1. The van der Waals surface area contributed by atoms with Crippen molar-refractivity contribution in [2.75, 3.05) is 0 Å². The number of hydrogen-bond acceptors (Lipinski definition) is 4. The fourth-order valence-corrected chi connectivity index (χ4v) is 3.41. The molecule has 0 aliphatic rings. The summed E-state index contributed by atoms with van der Waals surface area (Å²) in [5, 5.41) is 2.49. The van der Waals surface area contributed by atoms with Gasteiger partial charge in [0, 0.05) is 39.8 Å². The van der Waals surface area contributed by atoms with E-state index in [2.05, 4.69) is 4.98 Å². The summed E-state index contributed by atoms with van der Waals surface area (Å²) >= 11 is 7.34. The third-order valence-corrected chi connectivity index (χ3v) is 4.94. The second-order valence-corrected chi connectivity index (χ2v) is 6.72. The highest BCUT2D eigenvalue weighted by atomic mass is 35.5. The highest BCUT2D eigenvalue weighted by molar-refractivity contribution is 7.10. The maximum absolute atomic E-state index is 12.9. The number of carbonyl (C=O) groups excluding carboxylic acids is 2. The lowest BCUT2D eigenvalue weighted by atomic mass is 9.90. The Balaban J connectivity index is 1.87. The highest BCUT2D eigenvalue weighted by Gasteiger charge is 2.26. The SMILES string of the molecule is O=C(CC(C(=O)c1cccnc1)c1cccs1)c1ccc(Cl)cc1. The largest absolute Gasteiger partial charge is 0.294 e. The molecule has 1 unspecified atom stereocenters. The molecule has 0 amide bonds. The molecule has 2 aromatic heterocycles. The molecular weight excluding hydrogens is 342 g/mol. The first-order chi connectivity index (χ1) is 11.6. The van der Waals surface area contributed by atoms with Gasteiger partial charge in [-0.15, -0.1) is 11.3 Å². The van der Waals surface area contributed by atoms with Crippen molar-refractivity contribution >= 4 is 34.5 Å². The van der Waals surface area contributed by atoms with Crippen LogP contribution in [0.4, 0.5) is 0 Å². The number of aromatic nitrogens is 1. The third kappa shape index (κ3) is 3.78. The predicted octanol–water partition coefficient (Wildman–Crippen LogP) is 5.04. The minimum atomic E-state index is -0.502. The van der Waals surface area contributed by atoms with Crippen molar-refractivity contribution in [3.8, 4) is 0 Å². The second-order valence-electron chi connectivity index (χ2n) is 5.31. The number of ketones is 2. The summed E-state index contributed by atoms with van der Waals surface area (Å²) < 4.78 is 0. The van der Waals surface area contributed by atoms with E-state index in [1.165, 1.54) is 17.5 Å². The van der Waals surface area contributed by atoms with Crippen molar-refractivity contribution in [3.05, 3.63) is 87.3 Å². The van der Waals surface area contributed by atoms with Gasteiger partial charge in [0.15, 0.2) is 11.6 Å². The molecule has 0 spiro atoms. The maximum Gasteiger partial charge on any atom is 0.173 e. The van der Waals surface area contributed by atoms with Gasteiger partial charge in [0.25, 0.3) is 0 Å². The standard InChI is InChI=1S/C19H14ClNO2S/c20-15-7-5-13(6-8-15)17(22)11-16(18-4-2-10-24-18)19(23)14-3-1-9-21-12-14/h1-10,12,16H,11H2. The summed E-state index contributed by atoms with van der Waals surface area (Å²) in [5.74, 6) is -0.674. The molecule has 1 atom stereocenters. The van der Waals surface area contributed by atoms with E-state index in [0.29, 0.717) is 16.1 Å². The number of pyridine rings is 1. The molecule has 0 N–H and O–H groups in total. The van der Waals surface area contributed by atoms with Crippen molar-refractivity contribution in [2.24, 2.45) is 0 Å². The van der Waals surface area contributed by atoms with E-state index >= 15 is 0 Å². The summed E-state index contributed by atoms with van der Waals surface area (Å²) in [6, 6.07) is 13.9. The first-order valence-electron chi connectivity index (χ1n) is 7.41. The molecule has 5 heteroatoms. The van der Waals surface area contributed by atoms with E-state index in [9.17, 15) is 9.59 Å². The number of benzene rings is 1. The fourth-order valence-electron chi connectivity index (χ4n) is 2.46. The minimum absolute atomic E-state index is 0.0812. The van der Waals surface area contributed by atoms with Crippen LogP contribution in [0.3, 0.4) is 0 Å². The van der Waals surface area contributed by atoms with Crippen LogP contribution in [0.2, 0.25) is 5.02 Å². The van der Waals surface area contributed by atoms with Crippen LogP contribution in [0, 0.1) is 0 Å². The van der Waals surface area contributed by atoms with Gasteiger partial charge in [0.2, 0.25) is 0 Å². The van der Waals surface area contributed by atoms with Gasteiger partial charge in [-0.05, 0) is 47.8 Å². The zero-order chi connectivity index (χ0) is 16.9. The zero-order valence-corrected chi connectivity index (χ0v) is 14.3. The van der Waals surface area contributed by atoms with Crippen molar-refractivity contribution in [3.63, 3.8) is 0 Å². The molecule has 3 rings (SSSR count). The van der Waals surface area contributed by atoms with Crippen LogP contribution < -0.4 is 0 Å². The van der Waals surface area contributed by atoms with Crippen molar-refractivity contribution in [2.45, 2.75) is 12.3 Å². The average molecular weight is 356 g/mol. The Kier molecular flexibility index (Phi) is 5.18. The Morgan fingerprint density at radius 3 is 2.46 bits per heavy atom. The quantitative estimate of drug-likeness (QED) is 0.582. The number of rotatable bonds is 6. The van der Waals surface area contributed by atoms with Crippen LogP contribution in [0.15, 0.2) is 66.3 Å². The van der Waals surface area contributed by atoms with E-state index in [1.807, 2.05) is 17.5 Å². The Morgan fingerprint density at radius 1 is 1.04 bits per heavy atom. The molecule has 1 aromatic carbocycles. The maximum atomic E-state index is 12.9. The van der Waals surface area contributed by atoms with E-state index in [4.69, 9.17) is 11.6 Å². The Morgan fingerprint density at radius 2 is 1.83 bits per heavy atom. The van der Waals surface area contributed by atoms with Crippen molar-refractivity contribution in [1.82, 2.24) is 4.98 Å². The van der Waals surface area contributed by atoms with Crippen LogP contribution in [0.5, 0.6) is 0 Å². The smallest absolute Gasteiger partial charge is 0.173 e. The number of hydrogen-bond donors (Lipinski definition) is 0. The molecule has 3 nitrogen and oxygen atoms in total. The van der Waals surface area contributed by atoms with E-state index in [-0.39, 0.29) is 18.0 Å². The molecule has 0 fully saturated rings. The summed E-state index contributed by atoms with van der Waals surface area (Å²) in [6.45, 7) is 0. The molecule has 0 bridgehead atoms. The molecular formula is C19H14ClNO2S. The third-order valence-electron chi connectivity index (χ3n) is 3.70. The fraction of sp³-hybridized carbons (Fsp3) is 0.105. The highest BCUT2D eigenvalue weighted by Crippen LogP contribution is 2.29. The van der Waals surface area contributed by atoms with Gasteiger partial charge in [-0.25, -0.2) is 0 Å². The zero-order valence-electron chi connectivity index (χ0n) is 12.7. The Bertz CT molecular complexity index is 830. The minimum Gasteiger partial charge on any atom is -0.294 e. The number of halogens is 1. The Hall–Kier alpha value is -2.30. The van der Waals surface area contributed by atoms with Crippen LogP contribution >= 0.6 is 22.9 Å². The molecule has 0 aliphatic carbocycles. The van der Waals surface area contributed by atoms with Gasteiger partial charge in [0.1, 0.15) is 0 Å². The first-order valence-corrected chi connectivity index (χ1v) is 8.67. The van der Waals surface area contributed by atoms with E-state index in [0.717, 1.165) is 4.88 Å². The summed E-state index contributed by atoms with van der Waals surface area (Å²) in [7, 11) is 0. The monoisotopic (exact) mass is 355 g/mol. The average Bonchev–Trinajstić information content (AvgIpc) is 3.14. The molecule has 0 radical (unpaired) electrons. The predicted molar refractivity (Wildman–Crippen MR) is 96.0 cm³/mol. The van der Waals surface area contributed by atoms with Crippen LogP contribution in [0.1, 0.15) is 37.9 Å². The molecule has 0 saturated carbocycles. The lowest BCUT2D eigenvalue weighted by Gasteiger charge is -2.14. The van der Waals surface area contributed by atoms with Crippen molar-refractivity contribution < 1.29 is 9.59 Å². The van der Waals surface area contributed by atoms with Gasteiger partial charge in [0.05, 0.1) is 5.92 Å². The van der Waals surface area contributed by atoms with Gasteiger partial charge < -0.3 is 0 Å². The molecule has 3 aromatic rings. The van der Waals surface area contributed by atoms with Gasteiger partial charge in [-0.1, -0.05) is 17.7 Å². The van der Waals surface area contributed by atoms with E-state index < -0.39 is 5.92 Å². The molecule has 24 heavy (non-hydrogen) atoms. The molecule has 2 heterocycles. The summed E-state index contributed by atoms with van der Waals surface area (Å²) in [4.78, 5) is 30.3. The topological polar surface area (TPSA) is 47.0 Å². The van der Waals surface area contributed by atoms with Crippen LogP contribution in [-0.4, -0.2) is 16.6 Å². The molecule has 0 aliphatic heterocycles. The van der Waals surface area contributed by atoms with Gasteiger partial charge in [-0.2, -0.15) is 0 Å². The van der Waals surface area contributed by atoms with Crippen LogP contribution in [-0.2, 0) is 0 Å². The molecule has 0 saturated heterocycles. The second kappa shape index (κ2) is 7.51. The van der Waals surface area contributed by atoms with Crippen LogP contribution in [0.25, 0.3) is 0 Å².